The average molecular weight is 584 g/mol. The van der Waals surface area contributed by atoms with E-state index in [4.69, 9.17) is 5.11 Å². The smallest absolute Gasteiger partial charge is 0.369 e. The molecule has 0 radical (unpaired) electrons. The van der Waals surface area contributed by atoms with Gasteiger partial charge in [0.1, 0.15) is 0 Å². The van der Waals surface area contributed by atoms with Crippen LogP contribution in [0.3, 0.4) is 0 Å². The highest BCUT2D eigenvalue weighted by molar-refractivity contribution is 7.90. The molecule has 222 valence electrons. The van der Waals surface area contributed by atoms with Gasteiger partial charge in [-0.1, -0.05) is 71.6 Å². The maximum atomic E-state index is 15.3. The van der Waals surface area contributed by atoms with Crippen molar-refractivity contribution in [2.45, 2.75) is 119 Å². The summed E-state index contributed by atoms with van der Waals surface area (Å²) in [7, 11) is -7.01. The van der Waals surface area contributed by atoms with Crippen LogP contribution in [-0.4, -0.2) is 71.9 Å². The zero-order valence-electron chi connectivity index (χ0n) is 20.8. The highest BCUT2D eigenvalue weighted by atomic mass is 32.2. The van der Waals surface area contributed by atoms with Crippen LogP contribution < -0.4 is 0 Å². The highest BCUT2D eigenvalue weighted by Crippen LogP contribution is 2.71. The van der Waals surface area contributed by atoms with Crippen molar-refractivity contribution < 1.29 is 57.4 Å². The molecule has 1 aliphatic rings. The zero-order valence-corrected chi connectivity index (χ0v) is 21.6. The van der Waals surface area contributed by atoms with Gasteiger partial charge in [-0.05, 0) is 12.8 Å². The number of sulfonamides is 1. The van der Waals surface area contributed by atoms with E-state index in [0.29, 0.717) is 12.8 Å². The summed E-state index contributed by atoms with van der Waals surface area (Å²) in [5.74, 6) is -27.9. The Morgan fingerprint density at radius 3 is 1.35 bits per heavy atom. The third-order valence-corrected chi connectivity index (χ3v) is 9.21. The van der Waals surface area contributed by atoms with Gasteiger partial charge in [-0.3, -0.25) is 0 Å². The van der Waals surface area contributed by atoms with Crippen molar-refractivity contribution in [3.05, 3.63) is 0 Å². The molecular formula is C22H35F10NO3S. The summed E-state index contributed by atoms with van der Waals surface area (Å²) in [6, 6.07) is 0. The van der Waals surface area contributed by atoms with Crippen LogP contribution in [0.4, 0.5) is 43.9 Å². The zero-order chi connectivity index (χ0) is 29.0. The van der Waals surface area contributed by atoms with E-state index in [9.17, 15) is 43.5 Å². The van der Waals surface area contributed by atoms with E-state index < -0.39 is 81.2 Å². The molecule has 1 saturated carbocycles. The predicted molar refractivity (Wildman–Crippen MR) is 117 cm³/mol. The van der Waals surface area contributed by atoms with Crippen LogP contribution in [-0.2, 0) is 10.0 Å². The lowest BCUT2D eigenvalue weighted by molar-refractivity contribution is -0.444. The molecule has 0 amide bonds. The molecule has 4 nitrogen and oxygen atoms in total. The van der Waals surface area contributed by atoms with E-state index in [-0.39, 0.29) is 12.8 Å². The summed E-state index contributed by atoms with van der Waals surface area (Å²) in [6.07, 6.45) is 2.81. The highest BCUT2D eigenvalue weighted by Gasteiger charge is 3.02. The molecule has 0 aromatic rings. The first-order valence-corrected chi connectivity index (χ1v) is 13.8. The van der Waals surface area contributed by atoms with Crippen LogP contribution in [0.1, 0.15) is 84.5 Å². The number of rotatable bonds is 16. The monoisotopic (exact) mass is 583 g/mol. The second-order valence-corrected chi connectivity index (χ2v) is 11.4. The number of aliphatic hydroxyl groups is 1. The fourth-order valence-electron chi connectivity index (χ4n) is 4.53. The van der Waals surface area contributed by atoms with Crippen molar-refractivity contribution in [1.29, 1.82) is 0 Å². The quantitative estimate of drug-likeness (QED) is 0.159. The molecule has 37 heavy (non-hydrogen) atoms. The standard InChI is InChI=1S/C22H35F10NO3S/c1-3-5-6-7-8-9-10-11-12-13-14-17(23)18(24,25)20(28,29)22(32,21(30,31)19(17,26)27)37(35,36)33(4-2)15-16-34/h34H,3-16H2,1-2H3. The van der Waals surface area contributed by atoms with Crippen LogP contribution in [0.15, 0.2) is 0 Å². The predicted octanol–water partition coefficient (Wildman–Crippen LogP) is 6.87. The first-order chi connectivity index (χ1) is 16.8. The van der Waals surface area contributed by atoms with Crippen molar-refractivity contribution in [2.24, 2.45) is 0 Å². The van der Waals surface area contributed by atoms with Gasteiger partial charge in [0.2, 0.25) is 5.67 Å². The maximum Gasteiger partial charge on any atom is 0.369 e. The van der Waals surface area contributed by atoms with Gasteiger partial charge in [-0.2, -0.15) is 39.4 Å². The number of unbranched alkanes of at least 4 members (excludes halogenated alkanes) is 9. The lowest BCUT2D eigenvalue weighted by Crippen LogP contribution is -2.87. The minimum atomic E-state index is -7.11. The normalized spacial score (nSPS) is 28.5. The van der Waals surface area contributed by atoms with Crippen molar-refractivity contribution in [3.8, 4) is 0 Å². The van der Waals surface area contributed by atoms with Gasteiger partial charge in [-0.25, -0.2) is 17.2 Å². The number of nitrogens with zero attached hydrogens (tertiary/aromatic N) is 1. The molecule has 0 heterocycles. The second-order valence-electron chi connectivity index (χ2n) is 9.35. The van der Waals surface area contributed by atoms with Crippen LogP contribution in [0, 0.1) is 0 Å². The van der Waals surface area contributed by atoms with E-state index >= 15 is 8.78 Å². The molecule has 1 rings (SSSR count). The second kappa shape index (κ2) is 12.1. The van der Waals surface area contributed by atoms with E-state index in [2.05, 4.69) is 0 Å². The molecule has 0 saturated heterocycles. The number of aliphatic hydroxyl groups excluding tert-OH is 1. The third kappa shape index (κ3) is 5.21. The Morgan fingerprint density at radius 2 is 1.00 bits per heavy atom. The van der Waals surface area contributed by atoms with Gasteiger partial charge < -0.3 is 5.11 Å². The summed E-state index contributed by atoms with van der Waals surface area (Å²) in [6.45, 7) is -0.924. The van der Waals surface area contributed by atoms with Crippen molar-refractivity contribution in [3.63, 3.8) is 0 Å². The van der Waals surface area contributed by atoms with Crippen LogP contribution in [0.5, 0.6) is 0 Å². The summed E-state index contributed by atoms with van der Waals surface area (Å²) >= 11 is 0. The Balaban J connectivity index is 3.25. The molecule has 0 unspecified atom stereocenters. The molecule has 0 spiro atoms. The molecular weight excluding hydrogens is 548 g/mol. The summed E-state index contributed by atoms with van der Waals surface area (Å²) in [5, 5.41) is 1.91. The van der Waals surface area contributed by atoms with Crippen LogP contribution in [0.2, 0.25) is 0 Å². The van der Waals surface area contributed by atoms with E-state index in [1.165, 1.54) is 0 Å². The molecule has 0 bridgehead atoms. The molecule has 15 heteroatoms. The Bertz CT molecular complexity index is 811. The topological polar surface area (TPSA) is 57.6 Å². The molecule has 1 fully saturated rings. The number of likely N-dealkylation sites (N-methyl/N-ethyl adjacent to an activating group) is 1. The van der Waals surface area contributed by atoms with Gasteiger partial charge in [0.25, 0.3) is 10.0 Å². The van der Waals surface area contributed by atoms with Crippen molar-refractivity contribution in [2.75, 3.05) is 19.7 Å². The Morgan fingerprint density at radius 1 is 0.622 bits per heavy atom. The summed E-state index contributed by atoms with van der Waals surface area (Å²) in [4.78, 5) is 0. The molecule has 0 aromatic carbocycles. The SMILES string of the molecule is CCCCCCCCCCCCC1(F)C(F)(F)C(F)(F)C(F)(S(=O)(=O)N(CC)CCO)C(F)(F)C1(F)F. The largest absolute Gasteiger partial charge is 0.395 e. The summed E-state index contributed by atoms with van der Waals surface area (Å²) in [5.41, 5.74) is -5.95. The van der Waals surface area contributed by atoms with E-state index in [0.717, 1.165) is 39.0 Å². The molecule has 1 N–H and O–H groups in total. The summed E-state index contributed by atoms with van der Waals surface area (Å²) < 4.78 is 172. The van der Waals surface area contributed by atoms with Gasteiger partial charge in [-0.15, -0.1) is 0 Å². The van der Waals surface area contributed by atoms with E-state index in [1.54, 1.807) is 0 Å². The van der Waals surface area contributed by atoms with E-state index in [1.807, 2.05) is 6.92 Å². The third-order valence-electron chi connectivity index (χ3n) is 6.86. The Kier molecular flexibility index (Phi) is 11.2. The molecule has 1 aliphatic carbocycles. The number of halogens is 10. The molecule has 0 aromatic heterocycles. The number of alkyl halides is 10. The van der Waals surface area contributed by atoms with Crippen LogP contribution in [0.25, 0.3) is 0 Å². The average Bonchev–Trinajstić information content (AvgIpc) is 2.81. The van der Waals surface area contributed by atoms with Gasteiger partial charge >= 0.3 is 28.7 Å². The fraction of sp³-hybridized carbons (Fsp3) is 1.00. The lowest BCUT2D eigenvalue weighted by Gasteiger charge is -2.55. The number of hydrogen-bond acceptors (Lipinski definition) is 3. The lowest BCUT2D eigenvalue weighted by atomic mass is 9.70. The molecule has 0 aliphatic heterocycles. The molecule has 0 atom stereocenters. The van der Waals surface area contributed by atoms with Gasteiger partial charge in [0.05, 0.1) is 6.61 Å². The fourth-order valence-corrected chi connectivity index (χ4v) is 6.45. The van der Waals surface area contributed by atoms with Crippen molar-refractivity contribution >= 4 is 10.0 Å². The maximum absolute atomic E-state index is 15.3. The minimum Gasteiger partial charge on any atom is -0.395 e. The minimum absolute atomic E-state index is 0.196. The Labute approximate surface area is 210 Å². The first kappa shape index (κ1) is 34.2. The van der Waals surface area contributed by atoms with Crippen molar-refractivity contribution in [1.82, 2.24) is 4.31 Å². The van der Waals surface area contributed by atoms with Gasteiger partial charge in [0, 0.05) is 13.1 Å². The Hall–Kier alpha value is -0.830. The number of hydrogen-bond donors (Lipinski definition) is 1. The van der Waals surface area contributed by atoms with Crippen LogP contribution >= 0.6 is 0 Å². The first-order valence-electron chi connectivity index (χ1n) is 12.3. The van der Waals surface area contributed by atoms with Gasteiger partial charge in [0.15, 0.2) is 0 Å².